The second-order valence-electron chi connectivity index (χ2n) is 17.7. The molecule has 0 spiro atoms. The maximum atomic E-state index is 6.50. The normalized spacial score (nSPS) is 11.8. The van der Waals surface area contributed by atoms with Crippen molar-refractivity contribution in [3.63, 3.8) is 0 Å². The van der Waals surface area contributed by atoms with E-state index in [1.54, 1.807) is 0 Å². The maximum Gasteiger partial charge on any atom is 0.162 e. The molecule has 4 heterocycles. The van der Waals surface area contributed by atoms with Gasteiger partial charge in [0.25, 0.3) is 0 Å². The van der Waals surface area contributed by atoms with Gasteiger partial charge >= 0.3 is 0 Å². The molecule has 0 aliphatic carbocycles. The molecule has 0 radical (unpaired) electrons. The summed E-state index contributed by atoms with van der Waals surface area (Å²) in [6, 6.07) is 83.5. The highest BCUT2D eigenvalue weighted by Gasteiger charge is 2.22. The van der Waals surface area contributed by atoms with Crippen LogP contribution in [-0.2, 0) is 0 Å². The monoisotopic (exact) mass is 881 g/mol. The lowest BCUT2D eigenvalue weighted by Gasteiger charge is -2.16. The summed E-state index contributed by atoms with van der Waals surface area (Å²) in [5.41, 5.74) is 17.2. The number of hydrogen-bond acceptors (Lipinski definition) is 4. The predicted molar refractivity (Wildman–Crippen MR) is 284 cm³/mol. The first-order valence-corrected chi connectivity index (χ1v) is 23.3. The average Bonchev–Trinajstić information content (AvgIpc) is 4.11. The molecule has 69 heavy (non-hydrogen) atoms. The van der Waals surface area contributed by atoms with E-state index in [9.17, 15) is 0 Å². The van der Waals surface area contributed by atoms with Crippen molar-refractivity contribution >= 4 is 65.7 Å². The molecule has 0 amide bonds. The summed E-state index contributed by atoms with van der Waals surface area (Å²) in [5, 5.41) is 6.69. The summed E-state index contributed by atoms with van der Waals surface area (Å²) in [6.45, 7) is 0. The molecule has 0 saturated heterocycles. The Balaban J connectivity index is 0.990. The summed E-state index contributed by atoms with van der Waals surface area (Å²) in [4.78, 5) is 10.7. The summed E-state index contributed by atoms with van der Waals surface area (Å²) in [5.74, 6) is 1.41. The minimum Gasteiger partial charge on any atom is -0.456 e. The third kappa shape index (κ3) is 6.47. The molecule has 10 aromatic carbocycles. The molecule has 0 bridgehead atoms. The summed E-state index contributed by atoms with van der Waals surface area (Å²) >= 11 is 0. The molecule has 5 heteroatoms. The van der Waals surface area contributed by atoms with E-state index >= 15 is 0 Å². The van der Waals surface area contributed by atoms with Gasteiger partial charge in [-0.3, -0.25) is 4.57 Å². The molecule has 0 saturated carbocycles. The van der Waals surface area contributed by atoms with E-state index in [1.165, 1.54) is 0 Å². The van der Waals surface area contributed by atoms with Gasteiger partial charge in [-0.05, 0) is 88.0 Å². The van der Waals surface area contributed by atoms with Crippen molar-refractivity contribution in [3.05, 3.63) is 237 Å². The highest BCUT2D eigenvalue weighted by atomic mass is 16.3. The van der Waals surface area contributed by atoms with Crippen LogP contribution < -0.4 is 0 Å². The van der Waals surface area contributed by atoms with Crippen molar-refractivity contribution < 1.29 is 8.83 Å². The molecule has 5 nitrogen and oxygen atoms in total. The maximum absolute atomic E-state index is 6.50. The second-order valence-corrected chi connectivity index (χ2v) is 17.7. The number of furan rings is 2. The molecule has 322 valence electrons. The van der Waals surface area contributed by atoms with Crippen LogP contribution in [0.1, 0.15) is 0 Å². The molecule has 0 aliphatic heterocycles. The summed E-state index contributed by atoms with van der Waals surface area (Å²) in [7, 11) is 0. The van der Waals surface area contributed by atoms with Crippen LogP contribution in [0.2, 0.25) is 0 Å². The molecular formula is C64H39N3O2. The molecule has 0 aliphatic rings. The van der Waals surface area contributed by atoms with Crippen molar-refractivity contribution in [2.75, 3.05) is 0 Å². The Morgan fingerprint density at radius 3 is 1.65 bits per heavy atom. The number of nitrogens with zero attached hydrogens (tertiary/aromatic N) is 3. The van der Waals surface area contributed by atoms with Crippen LogP contribution in [-0.4, -0.2) is 14.5 Å². The van der Waals surface area contributed by atoms with Gasteiger partial charge in [-0.1, -0.05) is 176 Å². The standard InChI is InChI=1S/C64H39N3O2/c1-3-16-40(17-4-1)47-36-54(45-23-14-21-43(35-45)42-20-13-22-44(34-42)48-27-15-28-53-51-26-9-12-31-59(51)69-63(48)53)62-55(37-47)49-24-7-10-29-57(49)67(62)61-39-56(65-64(66-61)41-18-5-2-6-19-41)46-32-33-52-50-25-8-11-30-58(50)68-60(52)38-46/h1-39H. The van der Waals surface area contributed by atoms with Gasteiger partial charge in [-0.2, -0.15) is 0 Å². The van der Waals surface area contributed by atoms with Gasteiger partial charge in [0.15, 0.2) is 5.82 Å². The number of aromatic nitrogens is 3. The molecule has 0 unspecified atom stereocenters. The smallest absolute Gasteiger partial charge is 0.162 e. The minimum atomic E-state index is 0.640. The number of rotatable bonds is 7. The first-order chi connectivity index (χ1) is 34.2. The quantitative estimate of drug-likeness (QED) is 0.160. The Morgan fingerprint density at radius 2 is 0.884 bits per heavy atom. The Bertz CT molecular complexity index is 4310. The van der Waals surface area contributed by atoms with Gasteiger partial charge in [-0.15, -0.1) is 0 Å². The van der Waals surface area contributed by atoms with E-state index in [0.29, 0.717) is 5.82 Å². The van der Waals surface area contributed by atoms with Crippen molar-refractivity contribution in [2.45, 2.75) is 0 Å². The van der Waals surface area contributed by atoms with E-state index < -0.39 is 0 Å². The second kappa shape index (κ2) is 15.7. The van der Waals surface area contributed by atoms with Gasteiger partial charge in [0.05, 0.1) is 16.7 Å². The van der Waals surface area contributed by atoms with Crippen molar-refractivity contribution in [2.24, 2.45) is 0 Å². The fraction of sp³-hybridized carbons (Fsp3) is 0. The number of fused-ring (bicyclic) bond motifs is 9. The van der Waals surface area contributed by atoms with Crippen molar-refractivity contribution in [1.29, 1.82) is 0 Å². The van der Waals surface area contributed by atoms with E-state index in [0.717, 1.165) is 133 Å². The van der Waals surface area contributed by atoms with Crippen LogP contribution >= 0.6 is 0 Å². The van der Waals surface area contributed by atoms with Gasteiger partial charge < -0.3 is 8.83 Å². The zero-order valence-electron chi connectivity index (χ0n) is 37.2. The highest BCUT2D eigenvalue weighted by Crippen LogP contribution is 2.44. The number of benzene rings is 10. The van der Waals surface area contributed by atoms with E-state index in [-0.39, 0.29) is 0 Å². The zero-order chi connectivity index (χ0) is 45.4. The van der Waals surface area contributed by atoms with E-state index in [2.05, 4.69) is 199 Å². The van der Waals surface area contributed by atoms with Gasteiger partial charge in [0.1, 0.15) is 28.1 Å². The van der Waals surface area contributed by atoms with Crippen LogP contribution in [0.25, 0.3) is 139 Å². The number of para-hydroxylation sites is 4. The lowest BCUT2D eigenvalue weighted by Crippen LogP contribution is -2.03. The lowest BCUT2D eigenvalue weighted by molar-refractivity contribution is 0.669. The molecule has 0 atom stereocenters. The van der Waals surface area contributed by atoms with Crippen LogP contribution in [0, 0.1) is 0 Å². The third-order valence-electron chi connectivity index (χ3n) is 13.6. The molecule has 14 rings (SSSR count). The van der Waals surface area contributed by atoms with Crippen molar-refractivity contribution in [1.82, 2.24) is 14.5 Å². The Morgan fingerprint density at radius 1 is 0.304 bits per heavy atom. The molecule has 0 fully saturated rings. The van der Waals surface area contributed by atoms with Gasteiger partial charge in [0.2, 0.25) is 0 Å². The SMILES string of the molecule is c1ccc(-c2cc(-c3cccc(-c4cccc(-c5cccc6c5oc5ccccc56)c4)c3)c3c(c2)c2ccccc2n3-c2cc(-c3ccc4c(c3)oc3ccccc34)nc(-c3ccccc3)n2)cc1. The molecular weight excluding hydrogens is 843 g/mol. The summed E-state index contributed by atoms with van der Waals surface area (Å²) < 4.78 is 15.2. The summed E-state index contributed by atoms with van der Waals surface area (Å²) in [6.07, 6.45) is 0. The van der Waals surface area contributed by atoms with Crippen LogP contribution in [0.5, 0.6) is 0 Å². The largest absolute Gasteiger partial charge is 0.456 e. The Labute approximate surface area is 396 Å². The van der Waals surface area contributed by atoms with Crippen molar-refractivity contribution in [3.8, 4) is 73.0 Å². The van der Waals surface area contributed by atoms with E-state index in [1.807, 2.05) is 42.5 Å². The lowest BCUT2D eigenvalue weighted by atomic mass is 9.92. The predicted octanol–water partition coefficient (Wildman–Crippen LogP) is 17.4. The topological polar surface area (TPSA) is 57.0 Å². The first-order valence-electron chi connectivity index (χ1n) is 23.3. The molecule has 4 aromatic heterocycles. The Hall–Kier alpha value is -9.32. The van der Waals surface area contributed by atoms with Gasteiger partial charge in [0, 0.05) is 60.6 Å². The number of hydrogen-bond donors (Lipinski definition) is 0. The fourth-order valence-electron chi connectivity index (χ4n) is 10.4. The van der Waals surface area contributed by atoms with E-state index in [4.69, 9.17) is 18.8 Å². The zero-order valence-corrected chi connectivity index (χ0v) is 37.2. The molecule has 14 aromatic rings. The van der Waals surface area contributed by atoms with Crippen LogP contribution in [0.4, 0.5) is 0 Å². The highest BCUT2D eigenvalue weighted by molar-refractivity contribution is 6.16. The van der Waals surface area contributed by atoms with Gasteiger partial charge in [-0.25, -0.2) is 9.97 Å². The average molecular weight is 882 g/mol. The third-order valence-corrected chi connectivity index (χ3v) is 13.6. The Kier molecular flexibility index (Phi) is 8.83. The van der Waals surface area contributed by atoms with Crippen LogP contribution in [0.3, 0.4) is 0 Å². The minimum absolute atomic E-state index is 0.640. The first kappa shape index (κ1) is 38.9. The fourth-order valence-corrected chi connectivity index (χ4v) is 10.4. The van der Waals surface area contributed by atoms with Crippen LogP contribution in [0.15, 0.2) is 245 Å². The molecule has 0 N–H and O–H groups in total.